The molecule has 0 spiro atoms. The van der Waals surface area contributed by atoms with E-state index in [9.17, 15) is 0 Å². The fourth-order valence-corrected chi connectivity index (χ4v) is 2.12. The Morgan fingerprint density at radius 2 is 2.20 bits per heavy atom. The van der Waals surface area contributed by atoms with E-state index in [1.165, 1.54) is 0 Å². The number of thioether (sulfide) groups is 1. The van der Waals surface area contributed by atoms with Gasteiger partial charge in [-0.3, -0.25) is 0 Å². The molecular formula is C12H16O2S. The van der Waals surface area contributed by atoms with Crippen LogP contribution in [-0.2, 0) is 0 Å². The summed E-state index contributed by atoms with van der Waals surface area (Å²) in [6, 6.07) is 7.99. The van der Waals surface area contributed by atoms with E-state index in [0.29, 0.717) is 6.10 Å². The summed E-state index contributed by atoms with van der Waals surface area (Å²) in [6.07, 6.45) is 0.363. The molecule has 0 aromatic heterocycles. The molecule has 1 aromatic rings. The van der Waals surface area contributed by atoms with Crippen molar-refractivity contribution in [2.75, 3.05) is 18.1 Å². The fourth-order valence-electron chi connectivity index (χ4n) is 1.56. The lowest BCUT2D eigenvalue weighted by atomic mass is 10.0. The largest absolute Gasteiger partial charge is 0.488 e. The van der Waals surface area contributed by atoms with Crippen LogP contribution in [0.2, 0.25) is 0 Å². The first kappa shape index (κ1) is 10.8. The standard InChI is InChI=1S/C12H16O2S/c1-9(6-13)11-4-2-3-5-12(11)14-10-7-15-8-10/h2-5,9-10,13H,6-8H2,1H3. The van der Waals surface area contributed by atoms with Crippen LogP contribution in [0.5, 0.6) is 5.75 Å². The van der Waals surface area contributed by atoms with Crippen LogP contribution in [0.4, 0.5) is 0 Å². The van der Waals surface area contributed by atoms with Crippen molar-refractivity contribution in [1.82, 2.24) is 0 Å². The molecule has 1 fully saturated rings. The number of para-hydroxylation sites is 1. The summed E-state index contributed by atoms with van der Waals surface area (Å²) in [7, 11) is 0. The van der Waals surface area contributed by atoms with Crippen molar-refractivity contribution in [2.24, 2.45) is 0 Å². The van der Waals surface area contributed by atoms with Gasteiger partial charge in [-0.15, -0.1) is 0 Å². The van der Waals surface area contributed by atoms with E-state index in [1.54, 1.807) is 0 Å². The molecule has 0 bridgehead atoms. The second kappa shape index (κ2) is 4.90. The topological polar surface area (TPSA) is 29.5 Å². The first-order chi connectivity index (χ1) is 7.31. The lowest BCUT2D eigenvalue weighted by Gasteiger charge is -2.27. The second-order valence-corrected chi connectivity index (χ2v) is 4.97. The number of hydrogen-bond donors (Lipinski definition) is 1. The number of aliphatic hydroxyl groups excluding tert-OH is 1. The Balaban J connectivity index is 2.13. The van der Waals surface area contributed by atoms with Gasteiger partial charge in [0.25, 0.3) is 0 Å². The minimum Gasteiger partial charge on any atom is -0.488 e. The minimum atomic E-state index is 0.147. The lowest BCUT2D eigenvalue weighted by Crippen LogP contribution is -2.31. The van der Waals surface area contributed by atoms with Crippen LogP contribution in [0.25, 0.3) is 0 Å². The zero-order valence-corrected chi connectivity index (χ0v) is 9.67. The fraction of sp³-hybridized carbons (Fsp3) is 0.500. The third kappa shape index (κ3) is 2.47. The zero-order chi connectivity index (χ0) is 10.7. The molecule has 2 rings (SSSR count). The van der Waals surface area contributed by atoms with Crippen LogP contribution in [0, 0.1) is 0 Å². The van der Waals surface area contributed by atoms with Gasteiger partial charge in [-0.25, -0.2) is 0 Å². The molecule has 1 atom stereocenters. The van der Waals surface area contributed by atoms with E-state index in [-0.39, 0.29) is 12.5 Å². The highest BCUT2D eigenvalue weighted by atomic mass is 32.2. The highest BCUT2D eigenvalue weighted by Crippen LogP contribution is 2.30. The monoisotopic (exact) mass is 224 g/mol. The molecular weight excluding hydrogens is 208 g/mol. The van der Waals surface area contributed by atoms with Crippen molar-refractivity contribution in [3.05, 3.63) is 29.8 Å². The van der Waals surface area contributed by atoms with Crippen LogP contribution in [0.3, 0.4) is 0 Å². The Kier molecular flexibility index (Phi) is 3.54. The molecule has 1 saturated heterocycles. The average molecular weight is 224 g/mol. The average Bonchev–Trinajstić information content (AvgIpc) is 2.23. The Hall–Kier alpha value is -0.670. The van der Waals surface area contributed by atoms with Gasteiger partial charge in [-0.1, -0.05) is 25.1 Å². The molecule has 0 saturated carbocycles. The predicted molar refractivity (Wildman–Crippen MR) is 63.7 cm³/mol. The summed E-state index contributed by atoms with van der Waals surface area (Å²) in [5.74, 6) is 3.25. The maximum Gasteiger partial charge on any atom is 0.123 e. The van der Waals surface area contributed by atoms with Crippen LogP contribution in [0.1, 0.15) is 18.4 Å². The van der Waals surface area contributed by atoms with E-state index >= 15 is 0 Å². The van der Waals surface area contributed by atoms with Crippen molar-refractivity contribution in [2.45, 2.75) is 18.9 Å². The number of ether oxygens (including phenoxy) is 1. The van der Waals surface area contributed by atoms with Crippen LogP contribution < -0.4 is 4.74 Å². The molecule has 1 unspecified atom stereocenters. The minimum absolute atomic E-state index is 0.147. The molecule has 1 aromatic carbocycles. The summed E-state index contributed by atoms with van der Waals surface area (Å²) in [6.45, 7) is 2.18. The number of aliphatic hydroxyl groups is 1. The Morgan fingerprint density at radius 3 is 2.80 bits per heavy atom. The maximum atomic E-state index is 9.16. The summed E-state index contributed by atoms with van der Waals surface area (Å²) in [4.78, 5) is 0. The molecule has 0 amide bonds. The molecule has 1 N–H and O–H groups in total. The van der Waals surface area contributed by atoms with E-state index in [0.717, 1.165) is 22.8 Å². The van der Waals surface area contributed by atoms with Crippen LogP contribution >= 0.6 is 11.8 Å². The number of rotatable bonds is 4. The van der Waals surface area contributed by atoms with Gasteiger partial charge < -0.3 is 9.84 Å². The molecule has 15 heavy (non-hydrogen) atoms. The first-order valence-electron chi connectivity index (χ1n) is 5.25. The molecule has 1 aliphatic heterocycles. The third-order valence-electron chi connectivity index (χ3n) is 2.62. The van der Waals surface area contributed by atoms with Gasteiger partial charge in [0.05, 0.1) is 0 Å². The molecule has 0 radical (unpaired) electrons. The SMILES string of the molecule is CC(CO)c1ccccc1OC1CSC1. The first-order valence-corrected chi connectivity index (χ1v) is 6.41. The van der Waals surface area contributed by atoms with Gasteiger partial charge in [-0.2, -0.15) is 11.8 Å². The van der Waals surface area contributed by atoms with E-state index in [2.05, 4.69) is 0 Å². The molecule has 82 valence electrons. The van der Waals surface area contributed by atoms with Crippen molar-refractivity contribution in [3.8, 4) is 5.75 Å². The number of hydrogen-bond acceptors (Lipinski definition) is 3. The van der Waals surface area contributed by atoms with Gasteiger partial charge in [-0.05, 0) is 11.6 Å². The Labute approximate surface area is 94.6 Å². The highest BCUT2D eigenvalue weighted by Gasteiger charge is 2.21. The zero-order valence-electron chi connectivity index (χ0n) is 8.85. The van der Waals surface area contributed by atoms with Gasteiger partial charge in [0.15, 0.2) is 0 Å². The van der Waals surface area contributed by atoms with Crippen molar-refractivity contribution in [3.63, 3.8) is 0 Å². The van der Waals surface area contributed by atoms with Crippen molar-refractivity contribution in [1.29, 1.82) is 0 Å². The smallest absolute Gasteiger partial charge is 0.123 e. The molecule has 1 aliphatic rings. The molecule has 2 nitrogen and oxygen atoms in total. The van der Waals surface area contributed by atoms with E-state index < -0.39 is 0 Å². The maximum absolute atomic E-state index is 9.16. The van der Waals surface area contributed by atoms with Crippen LogP contribution in [-0.4, -0.2) is 29.3 Å². The van der Waals surface area contributed by atoms with E-state index in [4.69, 9.17) is 9.84 Å². The quantitative estimate of drug-likeness (QED) is 0.850. The normalized spacial score (nSPS) is 18.3. The Bertz CT molecular complexity index is 323. The third-order valence-corrected chi connectivity index (χ3v) is 3.84. The highest BCUT2D eigenvalue weighted by molar-refractivity contribution is 8.00. The second-order valence-electron chi connectivity index (χ2n) is 3.90. The summed E-state index contributed by atoms with van der Waals surface area (Å²) < 4.78 is 5.87. The molecule has 1 heterocycles. The lowest BCUT2D eigenvalue weighted by molar-refractivity contribution is 0.229. The van der Waals surface area contributed by atoms with Gasteiger partial charge in [0, 0.05) is 24.0 Å². The van der Waals surface area contributed by atoms with Crippen molar-refractivity contribution < 1.29 is 9.84 Å². The summed E-state index contributed by atoms with van der Waals surface area (Å²) in [5.41, 5.74) is 1.11. The van der Waals surface area contributed by atoms with Crippen LogP contribution in [0.15, 0.2) is 24.3 Å². The Morgan fingerprint density at radius 1 is 1.47 bits per heavy atom. The van der Waals surface area contributed by atoms with E-state index in [1.807, 2.05) is 43.0 Å². The van der Waals surface area contributed by atoms with Gasteiger partial charge in [0.1, 0.15) is 11.9 Å². The van der Waals surface area contributed by atoms with Crippen molar-refractivity contribution >= 4 is 11.8 Å². The van der Waals surface area contributed by atoms with Gasteiger partial charge >= 0.3 is 0 Å². The molecule has 3 heteroatoms. The summed E-state index contributed by atoms with van der Waals surface area (Å²) >= 11 is 1.91. The molecule has 0 aliphatic carbocycles. The number of benzene rings is 1. The predicted octanol–water partition coefficient (Wildman–Crippen LogP) is 2.28. The summed E-state index contributed by atoms with van der Waals surface area (Å²) in [5, 5.41) is 9.16. The van der Waals surface area contributed by atoms with Gasteiger partial charge in [0.2, 0.25) is 0 Å².